The van der Waals surface area contributed by atoms with E-state index in [2.05, 4.69) is 10.3 Å². The lowest BCUT2D eigenvalue weighted by Gasteiger charge is -2.18. The molecule has 2 heterocycles. The number of nitrogens with one attached hydrogen (secondary N) is 1. The number of aromatic nitrogens is 2. The first-order valence-corrected chi connectivity index (χ1v) is 4.37. The predicted octanol–water partition coefficient (Wildman–Crippen LogP) is -1.01. The van der Waals surface area contributed by atoms with Gasteiger partial charge in [0.1, 0.15) is 0 Å². The van der Waals surface area contributed by atoms with Crippen LogP contribution in [0.2, 0.25) is 0 Å². The normalized spacial score (nSPS) is 14.1. The van der Waals surface area contributed by atoms with E-state index in [1.54, 1.807) is 0 Å². The van der Waals surface area contributed by atoms with E-state index in [9.17, 15) is 19.5 Å². The van der Waals surface area contributed by atoms with Gasteiger partial charge in [0.15, 0.2) is 5.69 Å². The maximum absolute atomic E-state index is 11.5. The number of amides is 1. The van der Waals surface area contributed by atoms with Crippen molar-refractivity contribution in [3.05, 3.63) is 16.0 Å². The maximum atomic E-state index is 11.5. The van der Waals surface area contributed by atoms with Gasteiger partial charge in [-0.1, -0.05) is 0 Å². The Morgan fingerprint density at radius 3 is 2.75 bits per heavy atom. The van der Waals surface area contributed by atoms with E-state index in [1.807, 2.05) is 0 Å². The lowest BCUT2D eigenvalue weighted by Crippen LogP contribution is -2.34. The van der Waals surface area contributed by atoms with Crippen molar-refractivity contribution < 1.29 is 19.8 Å². The lowest BCUT2D eigenvalue weighted by atomic mass is 10.3. The molecule has 84 valence electrons. The van der Waals surface area contributed by atoms with Crippen molar-refractivity contribution in [2.24, 2.45) is 0 Å². The van der Waals surface area contributed by atoms with Crippen LogP contribution >= 0.6 is 0 Å². The first-order valence-electron chi connectivity index (χ1n) is 4.37. The summed E-state index contributed by atoms with van der Waals surface area (Å²) in [4.78, 5) is 36.7. The first-order chi connectivity index (χ1) is 7.50. The van der Waals surface area contributed by atoms with E-state index in [4.69, 9.17) is 5.11 Å². The van der Waals surface area contributed by atoms with Crippen LogP contribution in [0.1, 0.15) is 16.9 Å². The Labute approximate surface area is 88.2 Å². The highest BCUT2D eigenvalue weighted by Gasteiger charge is 2.24. The predicted molar refractivity (Wildman–Crippen MR) is 50.4 cm³/mol. The van der Waals surface area contributed by atoms with Gasteiger partial charge >= 0.3 is 5.97 Å². The standard InChI is InChI=1S/C8H7N3O5/c12-3-1-2-11-6(14)5(13)4(7(15)16)10-8(11)9-3/h13H,1-2H2,(H,15,16)(H,9,10,12). The van der Waals surface area contributed by atoms with Crippen LogP contribution in [0, 0.1) is 0 Å². The molecule has 0 fully saturated rings. The number of carboxylic acids is 1. The van der Waals surface area contributed by atoms with Gasteiger partial charge in [-0.3, -0.25) is 19.5 Å². The van der Waals surface area contributed by atoms with Crippen LogP contribution in [0.5, 0.6) is 5.75 Å². The van der Waals surface area contributed by atoms with Crippen molar-refractivity contribution in [2.75, 3.05) is 5.32 Å². The fourth-order valence-corrected chi connectivity index (χ4v) is 1.40. The number of hydrogen-bond donors (Lipinski definition) is 3. The van der Waals surface area contributed by atoms with E-state index in [-0.39, 0.29) is 24.8 Å². The molecule has 0 atom stereocenters. The van der Waals surface area contributed by atoms with Crippen molar-refractivity contribution >= 4 is 17.8 Å². The fraction of sp³-hybridized carbons (Fsp3) is 0.250. The number of fused-ring (bicyclic) bond motifs is 1. The molecule has 16 heavy (non-hydrogen) atoms. The molecule has 0 aromatic carbocycles. The molecule has 8 heteroatoms. The van der Waals surface area contributed by atoms with Crippen LogP contribution in [-0.4, -0.2) is 31.6 Å². The van der Waals surface area contributed by atoms with Crippen molar-refractivity contribution in [3.63, 3.8) is 0 Å². The molecule has 0 unspecified atom stereocenters. The zero-order chi connectivity index (χ0) is 11.9. The zero-order valence-electron chi connectivity index (χ0n) is 7.93. The second kappa shape index (κ2) is 3.33. The quantitative estimate of drug-likeness (QED) is 0.563. The molecule has 0 saturated carbocycles. The number of aromatic carboxylic acids is 1. The molecule has 3 N–H and O–H groups in total. The van der Waals surface area contributed by atoms with Gasteiger partial charge in [0.05, 0.1) is 0 Å². The molecule has 1 aromatic heterocycles. The summed E-state index contributed by atoms with van der Waals surface area (Å²) < 4.78 is 1.02. The molecule has 0 spiro atoms. The Hall–Kier alpha value is -2.38. The molecule has 2 rings (SSSR count). The van der Waals surface area contributed by atoms with E-state index in [0.29, 0.717) is 0 Å². The number of carbonyl (C=O) groups excluding carboxylic acids is 1. The SMILES string of the molecule is O=C1CCn2c(nc(C(=O)O)c(O)c2=O)N1. The smallest absolute Gasteiger partial charge is 0.358 e. The van der Waals surface area contributed by atoms with Gasteiger partial charge in [-0.25, -0.2) is 9.78 Å². The summed E-state index contributed by atoms with van der Waals surface area (Å²) in [6, 6.07) is 0. The van der Waals surface area contributed by atoms with Gasteiger partial charge < -0.3 is 10.2 Å². The summed E-state index contributed by atoms with van der Waals surface area (Å²) in [5.74, 6) is -2.96. The first kappa shape index (κ1) is 10.1. The monoisotopic (exact) mass is 225 g/mol. The molecule has 8 nitrogen and oxygen atoms in total. The average molecular weight is 225 g/mol. The van der Waals surface area contributed by atoms with Gasteiger partial charge in [-0.15, -0.1) is 0 Å². The van der Waals surface area contributed by atoms with Crippen LogP contribution < -0.4 is 10.9 Å². The average Bonchev–Trinajstić information content (AvgIpc) is 2.22. The van der Waals surface area contributed by atoms with Gasteiger partial charge in [-0.2, -0.15) is 0 Å². The van der Waals surface area contributed by atoms with Crippen LogP contribution in [0.15, 0.2) is 4.79 Å². The highest BCUT2D eigenvalue weighted by atomic mass is 16.4. The Morgan fingerprint density at radius 2 is 2.12 bits per heavy atom. The summed E-state index contributed by atoms with van der Waals surface area (Å²) >= 11 is 0. The zero-order valence-corrected chi connectivity index (χ0v) is 7.93. The largest absolute Gasteiger partial charge is 0.501 e. The molecule has 0 aliphatic carbocycles. The molecule has 1 aliphatic heterocycles. The number of nitrogens with zero attached hydrogens (tertiary/aromatic N) is 2. The Morgan fingerprint density at radius 1 is 1.44 bits per heavy atom. The molecule has 0 bridgehead atoms. The molecule has 1 aliphatic rings. The van der Waals surface area contributed by atoms with Crippen LogP contribution in [0.25, 0.3) is 0 Å². The summed E-state index contributed by atoms with van der Waals surface area (Å²) in [5.41, 5.74) is -1.64. The fourth-order valence-electron chi connectivity index (χ4n) is 1.40. The van der Waals surface area contributed by atoms with Crippen molar-refractivity contribution in [1.82, 2.24) is 9.55 Å². The Bertz CT molecular complexity index is 547. The van der Waals surface area contributed by atoms with Gasteiger partial charge in [-0.05, 0) is 0 Å². The summed E-state index contributed by atoms with van der Waals surface area (Å²) in [5, 5.41) is 20.2. The highest BCUT2D eigenvalue weighted by Crippen LogP contribution is 2.15. The Balaban J connectivity index is 2.68. The number of carboxylic acid groups (broad SMARTS) is 1. The molecule has 1 aromatic rings. The third-order valence-electron chi connectivity index (χ3n) is 2.16. The Kier molecular flexibility index (Phi) is 2.11. The molecule has 0 saturated heterocycles. The van der Waals surface area contributed by atoms with E-state index in [1.165, 1.54) is 0 Å². The number of anilines is 1. The molecular weight excluding hydrogens is 218 g/mol. The van der Waals surface area contributed by atoms with Crippen LogP contribution in [0.4, 0.5) is 5.95 Å². The minimum atomic E-state index is -1.53. The van der Waals surface area contributed by atoms with Crippen molar-refractivity contribution in [2.45, 2.75) is 13.0 Å². The molecular formula is C8H7N3O5. The van der Waals surface area contributed by atoms with E-state index >= 15 is 0 Å². The second-order valence-corrected chi connectivity index (χ2v) is 3.19. The molecule has 1 amide bonds. The third-order valence-corrected chi connectivity index (χ3v) is 2.16. The third kappa shape index (κ3) is 1.40. The second-order valence-electron chi connectivity index (χ2n) is 3.19. The van der Waals surface area contributed by atoms with Gasteiger partial charge in [0.25, 0.3) is 5.56 Å². The van der Waals surface area contributed by atoms with Gasteiger partial charge in [0, 0.05) is 13.0 Å². The molecule has 0 radical (unpaired) electrons. The lowest BCUT2D eigenvalue weighted by molar-refractivity contribution is -0.116. The van der Waals surface area contributed by atoms with Crippen molar-refractivity contribution in [1.29, 1.82) is 0 Å². The highest BCUT2D eigenvalue weighted by molar-refractivity contribution is 5.92. The number of rotatable bonds is 1. The van der Waals surface area contributed by atoms with Gasteiger partial charge in [0.2, 0.25) is 17.6 Å². The van der Waals surface area contributed by atoms with Crippen LogP contribution in [0.3, 0.4) is 0 Å². The van der Waals surface area contributed by atoms with Crippen LogP contribution in [-0.2, 0) is 11.3 Å². The summed E-state index contributed by atoms with van der Waals surface area (Å²) in [6.45, 7) is 0.0699. The van der Waals surface area contributed by atoms with E-state index < -0.39 is 23.0 Å². The summed E-state index contributed by atoms with van der Waals surface area (Å²) in [6.07, 6.45) is 0.0838. The summed E-state index contributed by atoms with van der Waals surface area (Å²) in [7, 11) is 0. The topological polar surface area (TPSA) is 122 Å². The van der Waals surface area contributed by atoms with Crippen molar-refractivity contribution in [3.8, 4) is 5.75 Å². The minimum Gasteiger partial charge on any atom is -0.501 e. The minimum absolute atomic E-state index is 0.0699. The number of hydrogen-bond acceptors (Lipinski definition) is 5. The maximum Gasteiger partial charge on any atom is 0.358 e. The van der Waals surface area contributed by atoms with E-state index in [0.717, 1.165) is 4.57 Å². The number of aromatic hydroxyl groups is 1. The number of carbonyl (C=O) groups is 2.